The topological polar surface area (TPSA) is 80.5 Å². The third-order valence-corrected chi connectivity index (χ3v) is 2.76. The van der Waals surface area contributed by atoms with Gasteiger partial charge in [0.05, 0.1) is 0 Å². The van der Waals surface area contributed by atoms with E-state index in [9.17, 15) is 4.39 Å². The first-order chi connectivity index (χ1) is 8.65. The van der Waals surface area contributed by atoms with E-state index in [0.717, 1.165) is 11.1 Å². The number of nitrogens with one attached hydrogen (secondary N) is 1. The van der Waals surface area contributed by atoms with E-state index < -0.39 is 0 Å². The van der Waals surface area contributed by atoms with E-state index in [1.54, 1.807) is 6.07 Å². The largest absolute Gasteiger partial charge is 0.382 e. The summed E-state index contributed by atoms with van der Waals surface area (Å²) in [6, 6.07) is 4.52. The Labute approximate surface area is 102 Å². The lowest BCUT2D eigenvalue weighted by Crippen LogP contribution is -1.91. The summed E-state index contributed by atoms with van der Waals surface area (Å²) in [4.78, 5) is 15.3. The number of aromatic amines is 1. The molecule has 0 atom stereocenters. The van der Waals surface area contributed by atoms with Gasteiger partial charge in [-0.2, -0.15) is 0 Å². The zero-order chi connectivity index (χ0) is 12.7. The van der Waals surface area contributed by atoms with Gasteiger partial charge in [-0.15, -0.1) is 0 Å². The first-order valence-corrected chi connectivity index (χ1v) is 5.38. The molecule has 3 N–H and O–H groups in total. The summed E-state index contributed by atoms with van der Waals surface area (Å²) in [6.45, 7) is 1.82. The van der Waals surface area contributed by atoms with Gasteiger partial charge in [-0.05, 0) is 30.7 Å². The molecule has 0 aliphatic carbocycles. The van der Waals surface area contributed by atoms with Crippen molar-refractivity contribution in [2.24, 2.45) is 0 Å². The molecule has 0 amide bonds. The number of rotatable bonds is 1. The van der Waals surface area contributed by atoms with Crippen molar-refractivity contribution in [1.82, 2.24) is 19.9 Å². The number of fused-ring (bicyclic) bond motifs is 1. The van der Waals surface area contributed by atoms with Gasteiger partial charge in [0.2, 0.25) is 0 Å². The van der Waals surface area contributed by atoms with Crippen molar-refractivity contribution in [3.05, 3.63) is 35.9 Å². The molecule has 0 aliphatic rings. The fourth-order valence-corrected chi connectivity index (χ4v) is 1.87. The predicted molar refractivity (Wildman–Crippen MR) is 66.2 cm³/mol. The van der Waals surface area contributed by atoms with Crippen LogP contribution in [-0.2, 0) is 0 Å². The standard InChI is InChI=1S/C12H10FN5/c1-6-4-7(13)2-3-8(6)11-17-9-10(14)15-5-16-12(9)18-11/h2-5H,1H3,(H3,14,15,16,17,18). The first kappa shape index (κ1) is 10.6. The molecular weight excluding hydrogens is 233 g/mol. The highest BCUT2D eigenvalue weighted by molar-refractivity contribution is 5.84. The fourth-order valence-electron chi connectivity index (χ4n) is 1.87. The van der Waals surface area contributed by atoms with Gasteiger partial charge in [0.15, 0.2) is 11.5 Å². The van der Waals surface area contributed by atoms with Crippen LogP contribution in [0, 0.1) is 12.7 Å². The Balaban J connectivity index is 2.23. The van der Waals surface area contributed by atoms with Gasteiger partial charge in [-0.1, -0.05) is 0 Å². The number of aryl methyl sites for hydroxylation is 1. The smallest absolute Gasteiger partial charge is 0.183 e. The zero-order valence-electron chi connectivity index (χ0n) is 9.61. The first-order valence-electron chi connectivity index (χ1n) is 5.38. The molecule has 0 saturated heterocycles. The third-order valence-electron chi connectivity index (χ3n) is 2.76. The van der Waals surface area contributed by atoms with E-state index in [-0.39, 0.29) is 5.82 Å². The number of imidazole rings is 1. The van der Waals surface area contributed by atoms with Crippen molar-refractivity contribution in [1.29, 1.82) is 0 Å². The van der Waals surface area contributed by atoms with Gasteiger partial charge >= 0.3 is 0 Å². The summed E-state index contributed by atoms with van der Waals surface area (Å²) in [5.74, 6) is 0.680. The molecule has 2 aromatic heterocycles. The van der Waals surface area contributed by atoms with E-state index in [2.05, 4.69) is 19.9 Å². The molecule has 0 bridgehead atoms. The average Bonchev–Trinajstić information content (AvgIpc) is 2.74. The molecule has 0 fully saturated rings. The molecule has 0 spiro atoms. The highest BCUT2D eigenvalue weighted by atomic mass is 19.1. The number of hydrogen-bond donors (Lipinski definition) is 2. The molecule has 0 saturated carbocycles. The highest BCUT2D eigenvalue weighted by Gasteiger charge is 2.11. The van der Waals surface area contributed by atoms with Crippen molar-refractivity contribution in [2.75, 3.05) is 5.73 Å². The summed E-state index contributed by atoms with van der Waals surface area (Å²) in [7, 11) is 0. The second-order valence-electron chi connectivity index (χ2n) is 4.00. The lowest BCUT2D eigenvalue weighted by Gasteiger charge is -2.01. The van der Waals surface area contributed by atoms with Gasteiger partial charge < -0.3 is 10.7 Å². The number of nitrogen functional groups attached to an aromatic ring is 1. The van der Waals surface area contributed by atoms with Crippen LogP contribution in [0.1, 0.15) is 5.56 Å². The van der Waals surface area contributed by atoms with Crippen molar-refractivity contribution in [2.45, 2.75) is 6.92 Å². The maximum Gasteiger partial charge on any atom is 0.183 e. The predicted octanol–water partition coefficient (Wildman–Crippen LogP) is 2.05. The summed E-state index contributed by atoms with van der Waals surface area (Å²) in [5, 5.41) is 0. The van der Waals surface area contributed by atoms with Crippen LogP contribution in [0.25, 0.3) is 22.6 Å². The number of nitrogens with two attached hydrogens (primary N) is 1. The summed E-state index contributed by atoms with van der Waals surface area (Å²) in [6.07, 6.45) is 1.36. The lowest BCUT2D eigenvalue weighted by atomic mass is 10.1. The van der Waals surface area contributed by atoms with E-state index in [4.69, 9.17) is 5.73 Å². The Kier molecular flexibility index (Phi) is 2.22. The molecule has 3 aromatic rings. The van der Waals surface area contributed by atoms with Gasteiger partial charge in [0.25, 0.3) is 0 Å². The second kappa shape index (κ2) is 3.76. The fraction of sp³-hybridized carbons (Fsp3) is 0.0833. The van der Waals surface area contributed by atoms with Gasteiger partial charge in [0.1, 0.15) is 23.5 Å². The minimum atomic E-state index is -0.272. The number of anilines is 1. The molecular formula is C12H10FN5. The Hall–Kier alpha value is -2.50. The number of hydrogen-bond acceptors (Lipinski definition) is 4. The SMILES string of the molecule is Cc1cc(F)ccc1-c1nc2ncnc(N)c2[nH]1. The average molecular weight is 243 g/mol. The molecule has 0 unspecified atom stereocenters. The van der Waals surface area contributed by atoms with Gasteiger partial charge in [0, 0.05) is 5.56 Å². The molecule has 2 heterocycles. The van der Waals surface area contributed by atoms with E-state index in [1.807, 2.05) is 6.92 Å². The van der Waals surface area contributed by atoms with Crippen LogP contribution in [0.2, 0.25) is 0 Å². The third kappa shape index (κ3) is 1.58. The molecule has 6 heteroatoms. The van der Waals surface area contributed by atoms with E-state index in [1.165, 1.54) is 18.5 Å². The van der Waals surface area contributed by atoms with Crippen LogP contribution in [0.4, 0.5) is 10.2 Å². The number of halogens is 1. The Morgan fingerprint density at radius 2 is 2.11 bits per heavy atom. The Morgan fingerprint density at radius 3 is 2.83 bits per heavy atom. The van der Waals surface area contributed by atoms with Crippen LogP contribution < -0.4 is 5.73 Å². The van der Waals surface area contributed by atoms with Crippen LogP contribution in [0.3, 0.4) is 0 Å². The summed E-state index contributed by atoms with van der Waals surface area (Å²) < 4.78 is 13.1. The van der Waals surface area contributed by atoms with Crippen molar-refractivity contribution < 1.29 is 4.39 Å². The highest BCUT2D eigenvalue weighted by Crippen LogP contribution is 2.24. The van der Waals surface area contributed by atoms with Crippen molar-refractivity contribution >= 4 is 17.0 Å². The molecule has 90 valence electrons. The monoisotopic (exact) mass is 243 g/mol. The van der Waals surface area contributed by atoms with E-state index >= 15 is 0 Å². The molecule has 5 nitrogen and oxygen atoms in total. The number of H-pyrrole nitrogens is 1. The minimum absolute atomic E-state index is 0.272. The normalized spacial score (nSPS) is 11.0. The number of nitrogens with zero attached hydrogens (tertiary/aromatic N) is 3. The van der Waals surface area contributed by atoms with Gasteiger partial charge in [-0.25, -0.2) is 19.3 Å². The van der Waals surface area contributed by atoms with Crippen LogP contribution >= 0.6 is 0 Å². The number of benzene rings is 1. The maximum absolute atomic E-state index is 13.1. The van der Waals surface area contributed by atoms with Gasteiger partial charge in [-0.3, -0.25) is 0 Å². The quantitative estimate of drug-likeness (QED) is 0.685. The Bertz CT molecular complexity index is 734. The molecule has 3 rings (SSSR count). The van der Waals surface area contributed by atoms with Crippen molar-refractivity contribution in [3.8, 4) is 11.4 Å². The molecule has 1 aromatic carbocycles. The Morgan fingerprint density at radius 1 is 1.28 bits per heavy atom. The van der Waals surface area contributed by atoms with Crippen molar-refractivity contribution in [3.63, 3.8) is 0 Å². The summed E-state index contributed by atoms with van der Waals surface area (Å²) in [5.41, 5.74) is 8.43. The molecule has 0 radical (unpaired) electrons. The van der Waals surface area contributed by atoms with Crippen LogP contribution in [0.15, 0.2) is 24.5 Å². The molecule has 18 heavy (non-hydrogen) atoms. The van der Waals surface area contributed by atoms with Crippen LogP contribution in [-0.4, -0.2) is 19.9 Å². The van der Waals surface area contributed by atoms with Crippen LogP contribution in [0.5, 0.6) is 0 Å². The maximum atomic E-state index is 13.1. The number of aromatic nitrogens is 4. The minimum Gasteiger partial charge on any atom is -0.382 e. The zero-order valence-corrected chi connectivity index (χ0v) is 9.61. The molecule has 0 aliphatic heterocycles. The lowest BCUT2D eigenvalue weighted by molar-refractivity contribution is 0.627. The van der Waals surface area contributed by atoms with E-state index in [0.29, 0.717) is 22.8 Å². The second-order valence-corrected chi connectivity index (χ2v) is 4.00. The summed E-state index contributed by atoms with van der Waals surface area (Å²) >= 11 is 0.